The maximum atomic E-state index is 4.08. The van der Waals surface area contributed by atoms with Crippen LogP contribution in [0.1, 0.15) is 0 Å². The molecule has 10 heavy (non-hydrogen) atoms. The van der Waals surface area contributed by atoms with Crippen LogP contribution < -0.4 is 0 Å². The molecule has 0 fully saturated rings. The summed E-state index contributed by atoms with van der Waals surface area (Å²) in [5.74, 6) is 1.86. The number of hydrogen-bond acceptors (Lipinski definition) is 4. The lowest BCUT2D eigenvalue weighted by Crippen LogP contribution is -1.83. The minimum atomic E-state index is 0.876. The normalized spacial score (nSPS) is 9.70. The standard InChI is InChI=1S/C6H8N2S2/c9-3-4-10-6-5-7-1-2-8-6/h1-2,5,9H,3-4H2. The van der Waals surface area contributed by atoms with E-state index in [-0.39, 0.29) is 0 Å². The minimum absolute atomic E-state index is 0.876. The molecule has 4 heteroatoms. The van der Waals surface area contributed by atoms with E-state index in [1.165, 1.54) is 0 Å². The molecule has 1 heterocycles. The highest BCUT2D eigenvalue weighted by atomic mass is 32.2. The Bertz CT molecular complexity index is 178. The fourth-order valence-corrected chi connectivity index (χ4v) is 1.36. The Morgan fingerprint density at radius 3 is 3.00 bits per heavy atom. The van der Waals surface area contributed by atoms with E-state index in [4.69, 9.17) is 0 Å². The van der Waals surface area contributed by atoms with Crippen LogP contribution in [0.5, 0.6) is 0 Å². The molecule has 0 N–H and O–H groups in total. The molecule has 0 unspecified atom stereocenters. The molecular weight excluding hydrogens is 164 g/mol. The first-order chi connectivity index (χ1) is 4.93. The Balaban J connectivity index is 2.43. The molecule has 0 amide bonds. The fourth-order valence-electron chi connectivity index (χ4n) is 0.510. The van der Waals surface area contributed by atoms with Crippen LogP contribution in [0.25, 0.3) is 0 Å². The molecule has 54 valence electrons. The van der Waals surface area contributed by atoms with Crippen LogP contribution in [0.3, 0.4) is 0 Å². The van der Waals surface area contributed by atoms with Gasteiger partial charge in [0.05, 0.1) is 6.20 Å². The van der Waals surface area contributed by atoms with Gasteiger partial charge in [-0.2, -0.15) is 12.6 Å². The number of nitrogens with zero attached hydrogens (tertiary/aromatic N) is 2. The largest absolute Gasteiger partial charge is 0.260 e. The van der Waals surface area contributed by atoms with Crippen LogP contribution in [-0.2, 0) is 0 Å². The molecule has 0 saturated heterocycles. The summed E-state index contributed by atoms with van der Waals surface area (Å²) in [6, 6.07) is 0. The fraction of sp³-hybridized carbons (Fsp3) is 0.333. The molecule has 0 atom stereocenters. The number of thiol groups is 1. The lowest BCUT2D eigenvalue weighted by molar-refractivity contribution is 1.06. The van der Waals surface area contributed by atoms with E-state index in [9.17, 15) is 0 Å². The number of rotatable bonds is 3. The van der Waals surface area contributed by atoms with E-state index in [2.05, 4.69) is 22.6 Å². The van der Waals surface area contributed by atoms with E-state index in [0.29, 0.717) is 0 Å². The second-order valence-corrected chi connectivity index (χ2v) is 3.18. The maximum absolute atomic E-state index is 4.08. The third-order valence-electron chi connectivity index (χ3n) is 0.881. The Morgan fingerprint density at radius 1 is 1.50 bits per heavy atom. The molecule has 0 radical (unpaired) electrons. The van der Waals surface area contributed by atoms with Gasteiger partial charge in [0.1, 0.15) is 5.03 Å². The molecule has 0 aliphatic carbocycles. The van der Waals surface area contributed by atoms with E-state index < -0.39 is 0 Å². The van der Waals surface area contributed by atoms with Crippen LogP contribution in [0.15, 0.2) is 23.6 Å². The Kier molecular flexibility index (Phi) is 3.60. The summed E-state index contributed by atoms with van der Waals surface area (Å²) in [6.45, 7) is 0. The van der Waals surface area contributed by atoms with Crippen LogP contribution in [0, 0.1) is 0 Å². The van der Waals surface area contributed by atoms with E-state index in [1.807, 2.05) is 0 Å². The summed E-state index contributed by atoms with van der Waals surface area (Å²) in [5, 5.41) is 0.969. The predicted molar refractivity (Wildman–Crippen MR) is 46.6 cm³/mol. The Labute approximate surface area is 69.9 Å². The van der Waals surface area contributed by atoms with Crippen LogP contribution in [-0.4, -0.2) is 21.5 Å². The van der Waals surface area contributed by atoms with Crippen LogP contribution in [0.4, 0.5) is 0 Å². The van der Waals surface area contributed by atoms with Gasteiger partial charge in [0.25, 0.3) is 0 Å². The molecule has 0 aromatic carbocycles. The van der Waals surface area contributed by atoms with E-state index in [1.54, 1.807) is 30.4 Å². The van der Waals surface area contributed by atoms with Gasteiger partial charge in [-0.05, 0) is 5.75 Å². The minimum Gasteiger partial charge on any atom is -0.260 e. The number of hydrogen-bond donors (Lipinski definition) is 1. The molecule has 0 bridgehead atoms. The molecule has 2 nitrogen and oxygen atoms in total. The summed E-state index contributed by atoms with van der Waals surface area (Å²) in [7, 11) is 0. The quantitative estimate of drug-likeness (QED) is 0.552. The third-order valence-corrected chi connectivity index (χ3v) is 2.32. The SMILES string of the molecule is SCCSc1cnccn1. The average molecular weight is 172 g/mol. The average Bonchev–Trinajstić information content (AvgIpc) is 2.03. The molecule has 0 aliphatic heterocycles. The second kappa shape index (κ2) is 4.57. The summed E-state index contributed by atoms with van der Waals surface area (Å²) >= 11 is 5.75. The summed E-state index contributed by atoms with van der Waals surface area (Å²) in [4.78, 5) is 8.01. The van der Waals surface area contributed by atoms with Crippen molar-refractivity contribution >= 4 is 24.4 Å². The highest BCUT2D eigenvalue weighted by Gasteiger charge is 1.90. The summed E-state index contributed by atoms with van der Waals surface area (Å²) in [6.07, 6.45) is 5.12. The molecule has 1 aromatic heterocycles. The first-order valence-corrected chi connectivity index (χ1v) is 4.55. The van der Waals surface area contributed by atoms with Gasteiger partial charge in [0.2, 0.25) is 0 Å². The molecule has 1 aromatic rings. The smallest absolute Gasteiger partial charge is 0.114 e. The molecule has 1 rings (SSSR count). The Morgan fingerprint density at radius 2 is 2.40 bits per heavy atom. The van der Waals surface area contributed by atoms with Crippen LogP contribution in [0.2, 0.25) is 0 Å². The highest BCUT2D eigenvalue weighted by Crippen LogP contribution is 2.11. The van der Waals surface area contributed by atoms with Gasteiger partial charge in [-0.3, -0.25) is 4.98 Å². The zero-order valence-corrected chi connectivity index (χ0v) is 7.11. The predicted octanol–water partition coefficient (Wildman–Crippen LogP) is 1.50. The zero-order chi connectivity index (χ0) is 7.23. The van der Waals surface area contributed by atoms with Gasteiger partial charge in [0.15, 0.2) is 0 Å². The zero-order valence-electron chi connectivity index (χ0n) is 5.40. The van der Waals surface area contributed by atoms with Gasteiger partial charge in [0, 0.05) is 18.1 Å². The van der Waals surface area contributed by atoms with Crippen molar-refractivity contribution in [1.82, 2.24) is 9.97 Å². The molecule has 0 spiro atoms. The Hall–Kier alpha value is -0.220. The van der Waals surface area contributed by atoms with Gasteiger partial charge >= 0.3 is 0 Å². The highest BCUT2D eigenvalue weighted by molar-refractivity contribution is 7.99. The summed E-state index contributed by atoms with van der Waals surface area (Å²) in [5.41, 5.74) is 0. The van der Waals surface area contributed by atoms with Crippen molar-refractivity contribution in [3.8, 4) is 0 Å². The maximum Gasteiger partial charge on any atom is 0.114 e. The van der Waals surface area contributed by atoms with Gasteiger partial charge in [-0.15, -0.1) is 11.8 Å². The first kappa shape index (κ1) is 7.88. The second-order valence-electron chi connectivity index (χ2n) is 1.62. The third kappa shape index (κ3) is 2.58. The van der Waals surface area contributed by atoms with Crippen molar-refractivity contribution in [3.63, 3.8) is 0 Å². The topological polar surface area (TPSA) is 25.8 Å². The van der Waals surface area contributed by atoms with Crippen molar-refractivity contribution in [1.29, 1.82) is 0 Å². The lowest BCUT2D eigenvalue weighted by atomic mass is 10.8. The van der Waals surface area contributed by atoms with Crippen molar-refractivity contribution in [2.45, 2.75) is 5.03 Å². The molecule has 0 saturated carbocycles. The van der Waals surface area contributed by atoms with Gasteiger partial charge in [-0.25, -0.2) is 4.98 Å². The van der Waals surface area contributed by atoms with E-state index >= 15 is 0 Å². The first-order valence-electron chi connectivity index (χ1n) is 2.93. The van der Waals surface area contributed by atoms with Gasteiger partial charge in [-0.1, -0.05) is 0 Å². The summed E-state index contributed by atoms with van der Waals surface area (Å²) < 4.78 is 0. The molecule has 0 aliphatic rings. The van der Waals surface area contributed by atoms with Crippen molar-refractivity contribution in [2.75, 3.05) is 11.5 Å². The number of thioether (sulfide) groups is 1. The van der Waals surface area contributed by atoms with Gasteiger partial charge < -0.3 is 0 Å². The van der Waals surface area contributed by atoms with Crippen molar-refractivity contribution < 1.29 is 0 Å². The van der Waals surface area contributed by atoms with Crippen molar-refractivity contribution in [3.05, 3.63) is 18.6 Å². The lowest BCUT2D eigenvalue weighted by Gasteiger charge is -1.94. The monoisotopic (exact) mass is 172 g/mol. The van der Waals surface area contributed by atoms with E-state index in [0.717, 1.165) is 16.5 Å². The number of aromatic nitrogens is 2. The molecular formula is C6H8N2S2. The van der Waals surface area contributed by atoms with Crippen molar-refractivity contribution in [2.24, 2.45) is 0 Å². The van der Waals surface area contributed by atoms with Crippen LogP contribution >= 0.6 is 24.4 Å².